The summed E-state index contributed by atoms with van der Waals surface area (Å²) in [5.74, 6) is 0.796. The van der Waals surface area contributed by atoms with Gasteiger partial charge in [-0.25, -0.2) is 4.98 Å². The largest absolute Gasteiger partial charge is 0.447 e. The minimum Gasteiger partial charge on any atom is -0.447 e. The molecule has 1 rings (SSSR count). The first-order chi connectivity index (χ1) is 6.76. The maximum absolute atomic E-state index is 9.30. The highest BCUT2D eigenvalue weighted by molar-refractivity contribution is 4.92. The Kier molecular flexibility index (Phi) is 4.10. The van der Waals surface area contributed by atoms with Gasteiger partial charge in [0.05, 0.1) is 19.3 Å². The molecule has 14 heavy (non-hydrogen) atoms. The van der Waals surface area contributed by atoms with Gasteiger partial charge in [0.1, 0.15) is 5.76 Å². The molecule has 0 fully saturated rings. The summed E-state index contributed by atoms with van der Waals surface area (Å²) in [5.41, 5.74) is -0.188. The normalized spacial score (nSPS) is 11.9. The molecule has 0 saturated heterocycles. The Balaban J connectivity index is 2.48. The molecule has 4 heteroatoms. The zero-order valence-electron chi connectivity index (χ0n) is 8.79. The minimum absolute atomic E-state index is 0.147. The van der Waals surface area contributed by atoms with Crippen LogP contribution in [0, 0.1) is 0 Å². The van der Waals surface area contributed by atoms with Gasteiger partial charge in [-0.05, 0) is 12.8 Å². The van der Waals surface area contributed by atoms with Crippen LogP contribution in [-0.4, -0.2) is 22.2 Å². The van der Waals surface area contributed by atoms with E-state index in [1.807, 2.05) is 0 Å². The van der Waals surface area contributed by atoms with E-state index >= 15 is 0 Å². The van der Waals surface area contributed by atoms with Crippen LogP contribution in [0.3, 0.4) is 0 Å². The molecule has 1 aromatic rings. The van der Waals surface area contributed by atoms with Crippen LogP contribution in [0.1, 0.15) is 32.4 Å². The first kappa shape index (κ1) is 11.2. The van der Waals surface area contributed by atoms with Crippen LogP contribution in [0.5, 0.6) is 0 Å². The smallest absolute Gasteiger partial charge is 0.180 e. The standard InChI is InChI=1S/C10H18N2O2/c1-3-10(4-2,7-13)12-6-9-5-11-8-14-9/h5,8,12-13H,3-4,6-7H2,1-2H3. The molecule has 80 valence electrons. The molecule has 1 aromatic heterocycles. The summed E-state index contributed by atoms with van der Waals surface area (Å²) >= 11 is 0. The fourth-order valence-corrected chi connectivity index (χ4v) is 1.38. The van der Waals surface area contributed by atoms with Gasteiger partial charge in [0.25, 0.3) is 0 Å². The van der Waals surface area contributed by atoms with Gasteiger partial charge < -0.3 is 14.8 Å². The van der Waals surface area contributed by atoms with Gasteiger partial charge in [0.15, 0.2) is 6.39 Å². The van der Waals surface area contributed by atoms with E-state index < -0.39 is 0 Å². The van der Waals surface area contributed by atoms with Crippen LogP contribution >= 0.6 is 0 Å². The quantitative estimate of drug-likeness (QED) is 0.723. The van der Waals surface area contributed by atoms with Crippen molar-refractivity contribution in [3.05, 3.63) is 18.4 Å². The average molecular weight is 198 g/mol. The topological polar surface area (TPSA) is 58.3 Å². The third-order valence-electron chi connectivity index (χ3n) is 2.78. The Labute approximate surface area is 84.3 Å². The van der Waals surface area contributed by atoms with E-state index in [2.05, 4.69) is 24.1 Å². The number of oxazole rings is 1. The van der Waals surface area contributed by atoms with Crippen molar-refractivity contribution in [1.29, 1.82) is 0 Å². The molecule has 0 bridgehead atoms. The Hall–Kier alpha value is -0.870. The number of aliphatic hydroxyl groups is 1. The molecule has 4 nitrogen and oxygen atoms in total. The van der Waals surface area contributed by atoms with E-state index in [0.717, 1.165) is 18.6 Å². The maximum Gasteiger partial charge on any atom is 0.180 e. The molecule has 0 aliphatic carbocycles. The lowest BCUT2D eigenvalue weighted by Crippen LogP contribution is -2.46. The summed E-state index contributed by atoms with van der Waals surface area (Å²) in [4.78, 5) is 3.83. The summed E-state index contributed by atoms with van der Waals surface area (Å²) in [6.07, 6.45) is 4.89. The third-order valence-corrected chi connectivity index (χ3v) is 2.78. The summed E-state index contributed by atoms with van der Waals surface area (Å²) < 4.78 is 5.11. The number of nitrogens with one attached hydrogen (secondary N) is 1. The molecule has 0 unspecified atom stereocenters. The van der Waals surface area contributed by atoms with Gasteiger partial charge in [-0.2, -0.15) is 0 Å². The molecule has 0 spiro atoms. The van der Waals surface area contributed by atoms with E-state index in [4.69, 9.17) is 4.42 Å². The number of aromatic nitrogens is 1. The number of aliphatic hydroxyl groups excluding tert-OH is 1. The summed E-state index contributed by atoms with van der Waals surface area (Å²) in [5, 5.41) is 12.6. The summed E-state index contributed by atoms with van der Waals surface area (Å²) in [6, 6.07) is 0. The first-order valence-corrected chi connectivity index (χ1v) is 4.99. The molecule has 0 aromatic carbocycles. The van der Waals surface area contributed by atoms with Gasteiger partial charge in [-0.3, -0.25) is 0 Å². The highest BCUT2D eigenvalue weighted by Gasteiger charge is 2.24. The highest BCUT2D eigenvalue weighted by Crippen LogP contribution is 2.14. The minimum atomic E-state index is -0.188. The molecule has 0 aliphatic rings. The second-order valence-corrected chi connectivity index (χ2v) is 3.47. The lowest BCUT2D eigenvalue weighted by atomic mass is 9.94. The van der Waals surface area contributed by atoms with Crippen molar-refractivity contribution < 1.29 is 9.52 Å². The zero-order chi connectivity index (χ0) is 10.4. The first-order valence-electron chi connectivity index (χ1n) is 4.99. The van der Waals surface area contributed by atoms with E-state index in [0.29, 0.717) is 6.54 Å². The molecule has 0 atom stereocenters. The van der Waals surface area contributed by atoms with Crippen LogP contribution in [0.15, 0.2) is 17.0 Å². The van der Waals surface area contributed by atoms with Gasteiger partial charge >= 0.3 is 0 Å². The monoisotopic (exact) mass is 198 g/mol. The van der Waals surface area contributed by atoms with E-state index in [-0.39, 0.29) is 12.1 Å². The highest BCUT2D eigenvalue weighted by atomic mass is 16.3. The van der Waals surface area contributed by atoms with Crippen LogP contribution in [-0.2, 0) is 6.54 Å². The van der Waals surface area contributed by atoms with Crippen molar-refractivity contribution in [3.63, 3.8) is 0 Å². The molecule has 2 N–H and O–H groups in total. The van der Waals surface area contributed by atoms with Crippen molar-refractivity contribution in [2.24, 2.45) is 0 Å². The molecule has 0 amide bonds. The SMILES string of the molecule is CCC(CC)(CO)NCc1cnco1. The van der Waals surface area contributed by atoms with Crippen LogP contribution < -0.4 is 5.32 Å². The Bertz CT molecular complexity index is 234. The van der Waals surface area contributed by atoms with E-state index in [1.165, 1.54) is 6.39 Å². The molecule has 0 saturated carbocycles. The fraction of sp³-hybridized carbons (Fsp3) is 0.700. The zero-order valence-corrected chi connectivity index (χ0v) is 8.79. The molecule has 1 heterocycles. The van der Waals surface area contributed by atoms with Crippen LogP contribution in [0.4, 0.5) is 0 Å². The van der Waals surface area contributed by atoms with Crippen LogP contribution in [0.25, 0.3) is 0 Å². The van der Waals surface area contributed by atoms with E-state index in [9.17, 15) is 5.11 Å². The Morgan fingerprint density at radius 1 is 1.50 bits per heavy atom. The van der Waals surface area contributed by atoms with Gasteiger partial charge in [-0.1, -0.05) is 13.8 Å². The second kappa shape index (κ2) is 5.12. The third kappa shape index (κ3) is 2.56. The Morgan fingerprint density at radius 2 is 2.21 bits per heavy atom. The Morgan fingerprint density at radius 3 is 2.64 bits per heavy atom. The molecular weight excluding hydrogens is 180 g/mol. The maximum atomic E-state index is 9.30. The van der Waals surface area contributed by atoms with Crippen LogP contribution in [0.2, 0.25) is 0 Å². The van der Waals surface area contributed by atoms with Crippen molar-refractivity contribution in [2.45, 2.75) is 38.8 Å². The molecule has 0 aliphatic heterocycles. The lowest BCUT2D eigenvalue weighted by molar-refractivity contribution is 0.147. The average Bonchev–Trinajstić information content (AvgIpc) is 2.74. The van der Waals surface area contributed by atoms with Crippen molar-refractivity contribution >= 4 is 0 Å². The molecular formula is C10H18N2O2. The van der Waals surface area contributed by atoms with Crippen molar-refractivity contribution in [2.75, 3.05) is 6.61 Å². The van der Waals surface area contributed by atoms with Crippen molar-refractivity contribution in [1.82, 2.24) is 10.3 Å². The number of nitrogens with zero attached hydrogens (tertiary/aromatic N) is 1. The van der Waals surface area contributed by atoms with Gasteiger partial charge in [0.2, 0.25) is 0 Å². The van der Waals surface area contributed by atoms with E-state index in [1.54, 1.807) is 6.20 Å². The second-order valence-electron chi connectivity index (χ2n) is 3.47. The lowest BCUT2D eigenvalue weighted by Gasteiger charge is -2.30. The summed E-state index contributed by atoms with van der Waals surface area (Å²) in [7, 11) is 0. The van der Waals surface area contributed by atoms with Crippen molar-refractivity contribution in [3.8, 4) is 0 Å². The predicted octanol–water partition coefficient (Wildman–Crippen LogP) is 1.32. The van der Waals surface area contributed by atoms with Gasteiger partial charge in [0, 0.05) is 5.54 Å². The molecule has 0 radical (unpaired) electrons. The predicted molar refractivity (Wildman–Crippen MR) is 53.7 cm³/mol. The number of hydrogen-bond donors (Lipinski definition) is 2. The number of hydrogen-bond acceptors (Lipinski definition) is 4. The summed E-state index contributed by atoms with van der Waals surface area (Å²) in [6.45, 7) is 4.89. The van der Waals surface area contributed by atoms with Gasteiger partial charge in [-0.15, -0.1) is 0 Å². The number of rotatable bonds is 6. The fourth-order valence-electron chi connectivity index (χ4n) is 1.38.